The summed E-state index contributed by atoms with van der Waals surface area (Å²) < 4.78 is 0. The summed E-state index contributed by atoms with van der Waals surface area (Å²) in [5, 5.41) is 28.6. The molecule has 0 rings (SSSR count). The van der Waals surface area contributed by atoms with Gasteiger partial charge in [0.25, 0.3) is 0 Å². The van der Waals surface area contributed by atoms with E-state index in [-0.39, 0.29) is 36.1 Å². The molecule has 5 nitrogen and oxygen atoms in total. The fraction of sp³-hybridized carbons (Fsp3) is 0.714. The standard InChI is InChI=1S/C5H8O4.C2H5O.Mg/c1-2-3(4(6)7)5(8)9;1-2-3;/h3H,2H2,1H3,(H,6,7)(H,8,9);2H2,1H3;/q;-1;+2/p-2. The minimum atomic E-state index is -1.59. The van der Waals surface area contributed by atoms with E-state index in [1.807, 2.05) is 0 Å². The van der Waals surface area contributed by atoms with Gasteiger partial charge in [0.1, 0.15) is 0 Å². The van der Waals surface area contributed by atoms with E-state index in [1.165, 1.54) is 6.92 Å². The average molecular weight is 199 g/mol. The van der Waals surface area contributed by atoms with E-state index in [0.717, 1.165) is 0 Å². The van der Waals surface area contributed by atoms with Gasteiger partial charge in [-0.1, -0.05) is 13.8 Å². The SMILES string of the molecule is CCC(C(=O)[O-])C(=O)[O-].CC[O-].[Mg+2]. The van der Waals surface area contributed by atoms with Crippen LogP contribution in [0.4, 0.5) is 0 Å². The molecule has 0 aliphatic carbocycles. The number of carboxylic acids is 2. The third-order valence-corrected chi connectivity index (χ3v) is 0.977. The number of carboxylic acid groups (broad SMARTS) is 2. The Labute approximate surface area is 92.9 Å². The normalized spacial score (nSPS) is 8.00. The van der Waals surface area contributed by atoms with Gasteiger partial charge in [-0.2, -0.15) is 0 Å². The zero-order valence-corrected chi connectivity index (χ0v) is 9.15. The van der Waals surface area contributed by atoms with Crippen molar-refractivity contribution in [3.05, 3.63) is 0 Å². The van der Waals surface area contributed by atoms with Crippen molar-refractivity contribution < 1.29 is 24.9 Å². The van der Waals surface area contributed by atoms with Crippen molar-refractivity contribution in [3.63, 3.8) is 0 Å². The summed E-state index contributed by atoms with van der Waals surface area (Å²) in [6.45, 7) is 3.01. The molecule has 13 heavy (non-hydrogen) atoms. The van der Waals surface area contributed by atoms with Gasteiger partial charge < -0.3 is 24.9 Å². The van der Waals surface area contributed by atoms with Crippen LogP contribution in [0.5, 0.6) is 0 Å². The molecule has 0 saturated heterocycles. The van der Waals surface area contributed by atoms with E-state index < -0.39 is 17.9 Å². The van der Waals surface area contributed by atoms with E-state index in [9.17, 15) is 19.8 Å². The summed E-state index contributed by atoms with van der Waals surface area (Å²) in [6.07, 6.45) is 0.00463. The van der Waals surface area contributed by atoms with Crippen LogP contribution in [0, 0.1) is 5.92 Å². The second-order valence-corrected chi connectivity index (χ2v) is 1.89. The van der Waals surface area contributed by atoms with Gasteiger partial charge in [-0.25, -0.2) is 0 Å². The fourth-order valence-electron chi connectivity index (χ4n) is 0.430. The van der Waals surface area contributed by atoms with Gasteiger partial charge in [-0.15, -0.1) is 6.61 Å². The first-order valence-electron chi connectivity index (χ1n) is 3.50. The Bertz CT molecular complexity index is 134. The van der Waals surface area contributed by atoms with Crippen LogP contribution in [0.1, 0.15) is 20.3 Å². The Morgan fingerprint density at radius 3 is 1.38 bits per heavy atom. The molecule has 0 aromatic rings. The van der Waals surface area contributed by atoms with Gasteiger partial charge >= 0.3 is 23.1 Å². The average Bonchev–Trinajstić information content (AvgIpc) is 1.88. The summed E-state index contributed by atoms with van der Waals surface area (Å²) in [6, 6.07) is 0. The van der Waals surface area contributed by atoms with E-state index in [0.29, 0.717) is 0 Å². The molecule has 0 fully saturated rings. The predicted octanol–water partition coefficient (Wildman–Crippen LogP) is -3.50. The minimum Gasteiger partial charge on any atom is -0.855 e. The predicted molar refractivity (Wildman–Crippen MR) is 40.1 cm³/mol. The maximum atomic E-state index is 9.84. The minimum absolute atomic E-state index is 0. The third kappa shape index (κ3) is 11.7. The van der Waals surface area contributed by atoms with E-state index in [2.05, 4.69) is 0 Å². The van der Waals surface area contributed by atoms with Gasteiger partial charge in [-0.05, 0) is 6.42 Å². The number of carbonyl (C=O) groups is 2. The first-order valence-corrected chi connectivity index (χ1v) is 3.50. The summed E-state index contributed by atoms with van der Waals surface area (Å²) in [5.74, 6) is -4.64. The summed E-state index contributed by atoms with van der Waals surface area (Å²) in [7, 11) is 0. The molecular weight excluding hydrogens is 188 g/mol. The molecule has 0 heterocycles. The Hall–Kier alpha value is -0.334. The molecule has 0 atom stereocenters. The van der Waals surface area contributed by atoms with Crippen LogP contribution in [-0.4, -0.2) is 41.6 Å². The number of hydrogen-bond donors (Lipinski definition) is 0. The summed E-state index contributed by atoms with van der Waals surface area (Å²) >= 11 is 0. The van der Waals surface area contributed by atoms with Gasteiger partial charge in [0.05, 0.1) is 11.9 Å². The van der Waals surface area contributed by atoms with Crippen molar-refractivity contribution in [1.82, 2.24) is 0 Å². The zero-order chi connectivity index (χ0) is 10.1. The van der Waals surface area contributed by atoms with Crippen molar-refractivity contribution >= 4 is 35.0 Å². The van der Waals surface area contributed by atoms with Gasteiger partial charge in [-0.3, -0.25) is 0 Å². The van der Waals surface area contributed by atoms with Crippen molar-refractivity contribution in [2.75, 3.05) is 6.61 Å². The van der Waals surface area contributed by atoms with E-state index in [4.69, 9.17) is 5.11 Å². The Balaban J connectivity index is -0.000000220. The third-order valence-electron chi connectivity index (χ3n) is 0.977. The van der Waals surface area contributed by atoms with Gasteiger partial charge in [0.2, 0.25) is 0 Å². The van der Waals surface area contributed by atoms with Crippen molar-refractivity contribution in [1.29, 1.82) is 0 Å². The van der Waals surface area contributed by atoms with Crippen LogP contribution < -0.4 is 15.3 Å². The van der Waals surface area contributed by atoms with E-state index >= 15 is 0 Å². The number of carbonyl (C=O) groups excluding carboxylic acids is 2. The monoisotopic (exact) mass is 199 g/mol. The fourth-order valence-corrected chi connectivity index (χ4v) is 0.430. The Kier molecular flexibility index (Phi) is 16.6. The van der Waals surface area contributed by atoms with Crippen LogP contribution in [-0.2, 0) is 9.59 Å². The first-order chi connectivity index (χ1) is 5.51. The van der Waals surface area contributed by atoms with Crippen molar-refractivity contribution in [2.45, 2.75) is 20.3 Å². The number of hydrogen-bond acceptors (Lipinski definition) is 5. The maximum Gasteiger partial charge on any atom is 2.00 e. The molecule has 0 aliphatic rings. The molecular formula is C7H11MgO5-. The van der Waals surface area contributed by atoms with E-state index in [1.54, 1.807) is 6.92 Å². The molecule has 0 unspecified atom stereocenters. The molecule has 0 N–H and O–H groups in total. The van der Waals surface area contributed by atoms with Crippen LogP contribution in [0.2, 0.25) is 0 Å². The summed E-state index contributed by atoms with van der Waals surface area (Å²) in [4.78, 5) is 19.7. The molecule has 0 saturated carbocycles. The van der Waals surface area contributed by atoms with Crippen LogP contribution in [0.25, 0.3) is 0 Å². The molecule has 72 valence electrons. The molecule has 0 bridgehead atoms. The zero-order valence-electron chi connectivity index (χ0n) is 7.74. The summed E-state index contributed by atoms with van der Waals surface area (Å²) in [5.41, 5.74) is 0. The topological polar surface area (TPSA) is 103 Å². The maximum absolute atomic E-state index is 9.84. The molecule has 0 amide bonds. The second kappa shape index (κ2) is 11.7. The molecule has 0 aliphatic heterocycles. The molecule has 0 spiro atoms. The molecule has 0 aromatic carbocycles. The van der Waals surface area contributed by atoms with Crippen LogP contribution >= 0.6 is 0 Å². The van der Waals surface area contributed by atoms with Gasteiger partial charge in [0, 0.05) is 5.92 Å². The van der Waals surface area contributed by atoms with Crippen LogP contribution in [0.15, 0.2) is 0 Å². The number of aliphatic carboxylic acids is 2. The molecule has 0 aromatic heterocycles. The quantitative estimate of drug-likeness (QED) is 0.346. The molecule has 6 heteroatoms. The molecule has 0 radical (unpaired) electrons. The second-order valence-electron chi connectivity index (χ2n) is 1.89. The first kappa shape index (κ1) is 18.4. The Morgan fingerprint density at radius 1 is 1.15 bits per heavy atom. The van der Waals surface area contributed by atoms with Gasteiger partial charge in [0.15, 0.2) is 0 Å². The van der Waals surface area contributed by atoms with Crippen molar-refractivity contribution in [3.8, 4) is 0 Å². The Morgan fingerprint density at radius 2 is 1.38 bits per heavy atom. The largest absolute Gasteiger partial charge is 2.00 e. The number of rotatable bonds is 3. The van der Waals surface area contributed by atoms with Crippen LogP contribution in [0.3, 0.4) is 0 Å². The smallest absolute Gasteiger partial charge is 0.855 e. The van der Waals surface area contributed by atoms with Crippen molar-refractivity contribution in [2.24, 2.45) is 5.92 Å².